The summed E-state index contributed by atoms with van der Waals surface area (Å²) in [5.74, 6) is 0.262. The number of furan rings is 1. The summed E-state index contributed by atoms with van der Waals surface area (Å²) < 4.78 is 4.99. The molecular weight excluding hydrogens is 170 g/mol. The molecule has 0 aliphatic carbocycles. The quantitative estimate of drug-likeness (QED) is 0.458. The molecule has 1 amide bonds. The molecule has 5 nitrogen and oxygen atoms in total. The van der Waals surface area contributed by atoms with Gasteiger partial charge in [0.2, 0.25) is 5.91 Å². The molecule has 1 rings (SSSR count). The molecule has 1 heterocycles. The van der Waals surface area contributed by atoms with Crippen LogP contribution in [0.3, 0.4) is 0 Å². The van der Waals surface area contributed by atoms with E-state index in [1.165, 1.54) is 6.26 Å². The van der Waals surface area contributed by atoms with E-state index in [0.717, 1.165) is 0 Å². The van der Waals surface area contributed by atoms with Gasteiger partial charge >= 0.3 is 0 Å². The van der Waals surface area contributed by atoms with Crippen LogP contribution < -0.4 is 11.1 Å². The van der Waals surface area contributed by atoms with Crippen molar-refractivity contribution in [1.29, 1.82) is 5.41 Å². The molecule has 0 aromatic carbocycles. The predicted octanol–water partition coefficient (Wildman–Crippen LogP) is 0.222. The number of hydrogen-bond acceptors (Lipinski definition) is 3. The Labute approximate surface area is 75.4 Å². The number of carbonyl (C=O) groups is 1. The number of nitrogens with one attached hydrogen (secondary N) is 2. The molecule has 0 bridgehead atoms. The summed E-state index contributed by atoms with van der Waals surface area (Å²) in [6.07, 6.45) is 1.47. The highest BCUT2D eigenvalue weighted by Gasteiger charge is 2.03. The van der Waals surface area contributed by atoms with E-state index in [4.69, 9.17) is 15.6 Å². The van der Waals surface area contributed by atoms with Crippen LogP contribution >= 0.6 is 0 Å². The maximum absolute atomic E-state index is 11.0. The Kier molecular flexibility index (Phi) is 3.08. The fourth-order valence-electron chi connectivity index (χ4n) is 0.834. The molecule has 0 radical (unpaired) electrons. The van der Waals surface area contributed by atoms with E-state index in [2.05, 4.69) is 5.32 Å². The molecule has 1 aromatic heterocycles. The lowest BCUT2D eigenvalue weighted by molar-refractivity contribution is -0.120. The molecule has 0 unspecified atom stereocenters. The van der Waals surface area contributed by atoms with E-state index in [1.807, 2.05) is 0 Å². The lowest BCUT2D eigenvalue weighted by atomic mass is 10.3. The average Bonchev–Trinajstić information content (AvgIpc) is 2.51. The summed E-state index contributed by atoms with van der Waals surface area (Å²) in [5, 5.41) is 9.43. The first-order chi connectivity index (χ1) is 6.18. The minimum absolute atomic E-state index is 0.0687. The molecular formula is C8H11N3O2. The molecule has 0 fully saturated rings. The Hall–Kier alpha value is -1.78. The van der Waals surface area contributed by atoms with Crippen molar-refractivity contribution in [3.8, 4) is 0 Å². The molecule has 0 aliphatic heterocycles. The van der Waals surface area contributed by atoms with Crippen molar-refractivity contribution in [3.05, 3.63) is 24.2 Å². The van der Waals surface area contributed by atoms with Gasteiger partial charge in [-0.3, -0.25) is 10.2 Å². The van der Waals surface area contributed by atoms with Gasteiger partial charge in [-0.2, -0.15) is 0 Å². The van der Waals surface area contributed by atoms with Crippen LogP contribution in [0.2, 0.25) is 0 Å². The third-order valence-electron chi connectivity index (χ3n) is 1.39. The van der Waals surface area contributed by atoms with Gasteiger partial charge in [0.25, 0.3) is 0 Å². The van der Waals surface area contributed by atoms with Crippen LogP contribution in [0.4, 0.5) is 0 Å². The maximum Gasteiger partial charge on any atom is 0.227 e. The van der Waals surface area contributed by atoms with E-state index >= 15 is 0 Å². The molecule has 0 saturated heterocycles. The lowest BCUT2D eigenvalue weighted by Crippen LogP contribution is -2.27. The number of amides is 1. The van der Waals surface area contributed by atoms with Gasteiger partial charge in [-0.15, -0.1) is 0 Å². The lowest BCUT2D eigenvalue weighted by Gasteiger charge is -2.00. The first-order valence-electron chi connectivity index (χ1n) is 3.80. The van der Waals surface area contributed by atoms with E-state index in [9.17, 15) is 4.79 Å². The van der Waals surface area contributed by atoms with Crippen molar-refractivity contribution in [2.45, 2.75) is 13.0 Å². The number of amidine groups is 1. The monoisotopic (exact) mass is 181 g/mol. The number of rotatable bonds is 4. The predicted molar refractivity (Wildman–Crippen MR) is 47.1 cm³/mol. The topological polar surface area (TPSA) is 92.1 Å². The van der Waals surface area contributed by atoms with Crippen molar-refractivity contribution in [1.82, 2.24) is 5.32 Å². The van der Waals surface area contributed by atoms with E-state index in [1.54, 1.807) is 12.1 Å². The Bertz CT molecular complexity index is 292. The van der Waals surface area contributed by atoms with Crippen LogP contribution in [-0.2, 0) is 11.3 Å². The first kappa shape index (κ1) is 9.31. The van der Waals surface area contributed by atoms with Crippen molar-refractivity contribution in [2.75, 3.05) is 0 Å². The van der Waals surface area contributed by atoms with Gasteiger partial charge in [0.05, 0.1) is 25.1 Å². The highest BCUT2D eigenvalue weighted by molar-refractivity contribution is 5.97. The fraction of sp³-hybridized carbons (Fsp3) is 0.250. The van der Waals surface area contributed by atoms with Crippen LogP contribution in [0, 0.1) is 5.41 Å². The molecule has 0 atom stereocenters. The largest absolute Gasteiger partial charge is 0.467 e. The van der Waals surface area contributed by atoms with Crippen LogP contribution in [-0.4, -0.2) is 11.7 Å². The minimum Gasteiger partial charge on any atom is -0.467 e. The summed E-state index contributed by atoms with van der Waals surface area (Å²) in [7, 11) is 0. The second kappa shape index (κ2) is 4.30. The van der Waals surface area contributed by atoms with Crippen LogP contribution in [0.15, 0.2) is 22.8 Å². The van der Waals surface area contributed by atoms with Gasteiger partial charge in [0.15, 0.2) is 0 Å². The number of nitrogens with two attached hydrogens (primary N) is 1. The van der Waals surface area contributed by atoms with Crippen molar-refractivity contribution < 1.29 is 9.21 Å². The third-order valence-corrected chi connectivity index (χ3v) is 1.39. The second-order valence-corrected chi connectivity index (χ2v) is 2.56. The normalized spacial score (nSPS) is 9.54. The van der Waals surface area contributed by atoms with Crippen molar-refractivity contribution in [2.24, 2.45) is 5.73 Å². The van der Waals surface area contributed by atoms with Gasteiger partial charge in [0.1, 0.15) is 5.76 Å². The zero-order valence-corrected chi connectivity index (χ0v) is 7.04. The summed E-state index contributed by atoms with van der Waals surface area (Å²) >= 11 is 0. The molecule has 0 saturated carbocycles. The minimum atomic E-state index is -0.274. The molecule has 1 aromatic rings. The summed E-state index contributed by atoms with van der Waals surface area (Å²) in [4.78, 5) is 11.0. The van der Waals surface area contributed by atoms with E-state index in [0.29, 0.717) is 12.3 Å². The van der Waals surface area contributed by atoms with Crippen LogP contribution in [0.25, 0.3) is 0 Å². The zero-order valence-electron chi connectivity index (χ0n) is 7.04. The molecule has 0 spiro atoms. The standard InChI is InChI=1S/C8H11N3O2/c9-7(10)4-8(12)11-5-6-2-1-3-13-6/h1-3H,4-5H2,(H3,9,10)(H,11,12). The fourth-order valence-corrected chi connectivity index (χ4v) is 0.834. The Morgan fingerprint density at radius 3 is 3.00 bits per heavy atom. The van der Waals surface area contributed by atoms with Gasteiger partial charge in [-0.25, -0.2) is 0 Å². The molecule has 70 valence electrons. The highest BCUT2D eigenvalue weighted by atomic mass is 16.3. The highest BCUT2D eigenvalue weighted by Crippen LogP contribution is 1.98. The second-order valence-electron chi connectivity index (χ2n) is 2.56. The van der Waals surface area contributed by atoms with Gasteiger partial charge in [-0.05, 0) is 12.1 Å². The number of carbonyl (C=O) groups excluding carboxylic acids is 1. The third kappa shape index (κ3) is 3.42. The van der Waals surface area contributed by atoms with Crippen molar-refractivity contribution >= 4 is 11.7 Å². The zero-order chi connectivity index (χ0) is 9.68. The Balaban J connectivity index is 2.27. The molecule has 13 heavy (non-hydrogen) atoms. The van der Waals surface area contributed by atoms with E-state index in [-0.39, 0.29) is 18.2 Å². The van der Waals surface area contributed by atoms with Crippen molar-refractivity contribution in [3.63, 3.8) is 0 Å². The smallest absolute Gasteiger partial charge is 0.227 e. The van der Waals surface area contributed by atoms with E-state index < -0.39 is 0 Å². The summed E-state index contributed by atoms with van der Waals surface area (Å²) in [6, 6.07) is 3.50. The molecule has 4 N–H and O–H groups in total. The Morgan fingerprint density at radius 2 is 2.46 bits per heavy atom. The van der Waals surface area contributed by atoms with Gasteiger partial charge in [0, 0.05) is 0 Å². The summed E-state index contributed by atoms with van der Waals surface area (Å²) in [5.41, 5.74) is 5.04. The summed E-state index contributed by atoms with van der Waals surface area (Å²) in [6.45, 7) is 0.332. The molecule has 0 aliphatic rings. The SMILES string of the molecule is N=C(N)CC(=O)NCc1ccco1. The van der Waals surface area contributed by atoms with Crippen LogP contribution in [0.1, 0.15) is 12.2 Å². The van der Waals surface area contributed by atoms with Crippen LogP contribution in [0.5, 0.6) is 0 Å². The van der Waals surface area contributed by atoms with Gasteiger partial charge < -0.3 is 15.5 Å². The maximum atomic E-state index is 11.0. The number of hydrogen-bond donors (Lipinski definition) is 3. The Morgan fingerprint density at radius 1 is 1.69 bits per heavy atom. The van der Waals surface area contributed by atoms with Gasteiger partial charge in [-0.1, -0.05) is 0 Å². The molecule has 5 heteroatoms. The first-order valence-corrected chi connectivity index (χ1v) is 3.80. The average molecular weight is 181 g/mol.